The van der Waals surface area contributed by atoms with Crippen LogP contribution in [-0.2, 0) is 0 Å². The fourth-order valence-electron chi connectivity index (χ4n) is 2.48. The van der Waals surface area contributed by atoms with Crippen LogP contribution in [0.2, 0.25) is 5.02 Å². The lowest BCUT2D eigenvalue weighted by molar-refractivity contribution is 0.628. The first kappa shape index (κ1) is 17.7. The molecule has 7 nitrogen and oxygen atoms in total. The standard InChI is InChI=1S/C19H13ClFN7/c20-13-3-1-2-12(8-13)9-26-28-19-17-16(22-11-25-19)18(24-10-23-17)27-15-6-4-14(21)5-7-15/h1-11H,(H,22,25,28)(H,23,24,27)/b26-9+. The van der Waals surface area contributed by atoms with Crippen LogP contribution in [0.15, 0.2) is 66.3 Å². The van der Waals surface area contributed by atoms with Crippen LogP contribution in [-0.4, -0.2) is 26.2 Å². The molecule has 0 aliphatic carbocycles. The minimum absolute atomic E-state index is 0.315. The Kier molecular flexibility index (Phi) is 5.03. The molecule has 2 aromatic carbocycles. The van der Waals surface area contributed by atoms with Gasteiger partial charge in [-0.15, -0.1) is 0 Å². The maximum atomic E-state index is 13.1. The van der Waals surface area contributed by atoms with Crippen LogP contribution in [0.1, 0.15) is 5.56 Å². The summed E-state index contributed by atoms with van der Waals surface area (Å²) >= 11 is 5.96. The summed E-state index contributed by atoms with van der Waals surface area (Å²) in [5.74, 6) is 0.582. The second-order valence-corrected chi connectivity index (χ2v) is 6.14. The molecule has 0 bridgehead atoms. The highest BCUT2D eigenvalue weighted by atomic mass is 35.5. The minimum atomic E-state index is -0.315. The zero-order valence-electron chi connectivity index (χ0n) is 14.3. The highest BCUT2D eigenvalue weighted by molar-refractivity contribution is 6.30. The number of anilines is 3. The van der Waals surface area contributed by atoms with Gasteiger partial charge in [-0.05, 0) is 42.0 Å². The molecule has 2 aromatic heterocycles. The van der Waals surface area contributed by atoms with E-state index >= 15 is 0 Å². The van der Waals surface area contributed by atoms with Gasteiger partial charge in [-0.1, -0.05) is 23.7 Å². The van der Waals surface area contributed by atoms with Crippen molar-refractivity contribution in [3.05, 3.63) is 77.6 Å². The minimum Gasteiger partial charge on any atom is -0.338 e. The van der Waals surface area contributed by atoms with E-state index in [1.807, 2.05) is 12.1 Å². The number of hydrogen-bond acceptors (Lipinski definition) is 7. The van der Waals surface area contributed by atoms with Crippen molar-refractivity contribution in [2.24, 2.45) is 5.10 Å². The molecule has 0 spiro atoms. The van der Waals surface area contributed by atoms with Gasteiger partial charge in [0.05, 0.1) is 6.21 Å². The first-order valence-corrected chi connectivity index (χ1v) is 8.60. The number of fused-ring (bicyclic) bond motifs is 1. The van der Waals surface area contributed by atoms with Gasteiger partial charge in [0.15, 0.2) is 11.6 Å². The lowest BCUT2D eigenvalue weighted by Gasteiger charge is -2.09. The number of nitrogens with one attached hydrogen (secondary N) is 2. The van der Waals surface area contributed by atoms with Gasteiger partial charge < -0.3 is 5.32 Å². The molecule has 138 valence electrons. The first-order chi connectivity index (χ1) is 13.7. The second kappa shape index (κ2) is 7.93. The maximum Gasteiger partial charge on any atom is 0.176 e. The van der Waals surface area contributed by atoms with Crippen molar-refractivity contribution in [1.29, 1.82) is 0 Å². The average Bonchev–Trinajstić information content (AvgIpc) is 2.70. The van der Waals surface area contributed by atoms with E-state index in [9.17, 15) is 4.39 Å². The normalized spacial score (nSPS) is 11.1. The number of nitrogens with zero attached hydrogens (tertiary/aromatic N) is 5. The summed E-state index contributed by atoms with van der Waals surface area (Å²) in [5, 5.41) is 7.91. The zero-order chi connectivity index (χ0) is 19.3. The van der Waals surface area contributed by atoms with Gasteiger partial charge in [0.2, 0.25) is 0 Å². The van der Waals surface area contributed by atoms with Crippen molar-refractivity contribution in [3.63, 3.8) is 0 Å². The molecule has 4 aromatic rings. The number of hydrogen-bond donors (Lipinski definition) is 2. The monoisotopic (exact) mass is 393 g/mol. The number of hydrazone groups is 1. The Morgan fingerprint density at radius 1 is 0.893 bits per heavy atom. The van der Waals surface area contributed by atoms with Gasteiger partial charge in [-0.3, -0.25) is 5.43 Å². The van der Waals surface area contributed by atoms with Crippen LogP contribution in [0, 0.1) is 5.82 Å². The first-order valence-electron chi connectivity index (χ1n) is 8.22. The fourth-order valence-corrected chi connectivity index (χ4v) is 2.68. The zero-order valence-corrected chi connectivity index (χ0v) is 15.1. The molecule has 0 amide bonds. The number of halogens is 2. The van der Waals surface area contributed by atoms with Crippen LogP contribution in [0.25, 0.3) is 11.0 Å². The van der Waals surface area contributed by atoms with E-state index in [0.717, 1.165) is 5.56 Å². The van der Waals surface area contributed by atoms with E-state index in [0.29, 0.717) is 33.4 Å². The van der Waals surface area contributed by atoms with Crippen LogP contribution in [0.4, 0.5) is 21.7 Å². The van der Waals surface area contributed by atoms with E-state index in [2.05, 4.69) is 35.8 Å². The van der Waals surface area contributed by atoms with Gasteiger partial charge in [0, 0.05) is 10.7 Å². The Morgan fingerprint density at radius 2 is 1.61 bits per heavy atom. The van der Waals surface area contributed by atoms with E-state index in [1.165, 1.54) is 24.8 Å². The van der Waals surface area contributed by atoms with Crippen molar-refractivity contribution in [2.75, 3.05) is 10.7 Å². The van der Waals surface area contributed by atoms with Gasteiger partial charge in [0.25, 0.3) is 0 Å². The summed E-state index contributed by atoms with van der Waals surface area (Å²) in [6.45, 7) is 0. The Bertz CT molecular complexity index is 1150. The highest BCUT2D eigenvalue weighted by Crippen LogP contribution is 2.24. The summed E-state index contributed by atoms with van der Waals surface area (Å²) in [6, 6.07) is 13.2. The molecular weight excluding hydrogens is 381 g/mol. The fraction of sp³-hybridized carbons (Fsp3) is 0. The smallest absolute Gasteiger partial charge is 0.176 e. The molecule has 4 rings (SSSR count). The van der Waals surface area contributed by atoms with Gasteiger partial charge in [-0.25, -0.2) is 24.3 Å². The molecule has 28 heavy (non-hydrogen) atoms. The van der Waals surface area contributed by atoms with Crippen LogP contribution >= 0.6 is 11.6 Å². The summed E-state index contributed by atoms with van der Waals surface area (Å²) < 4.78 is 13.1. The predicted molar refractivity (Wildman–Crippen MR) is 107 cm³/mol. The molecule has 0 aliphatic heterocycles. The predicted octanol–water partition coefficient (Wildman–Crippen LogP) is 4.40. The molecule has 0 saturated carbocycles. The Hall–Kier alpha value is -3.65. The second-order valence-electron chi connectivity index (χ2n) is 5.70. The van der Waals surface area contributed by atoms with Crippen LogP contribution in [0.3, 0.4) is 0 Å². The van der Waals surface area contributed by atoms with Crippen molar-refractivity contribution >= 4 is 46.2 Å². The third kappa shape index (κ3) is 4.02. The van der Waals surface area contributed by atoms with Crippen molar-refractivity contribution < 1.29 is 4.39 Å². The van der Waals surface area contributed by atoms with Crippen molar-refractivity contribution in [1.82, 2.24) is 19.9 Å². The van der Waals surface area contributed by atoms with Crippen LogP contribution < -0.4 is 10.7 Å². The molecule has 0 radical (unpaired) electrons. The van der Waals surface area contributed by atoms with Crippen molar-refractivity contribution in [2.45, 2.75) is 0 Å². The highest BCUT2D eigenvalue weighted by Gasteiger charge is 2.10. The molecule has 2 heterocycles. The molecule has 9 heteroatoms. The van der Waals surface area contributed by atoms with Gasteiger partial charge in [-0.2, -0.15) is 5.10 Å². The molecular formula is C19H13ClFN7. The molecule has 0 aliphatic rings. The summed E-state index contributed by atoms with van der Waals surface area (Å²) in [7, 11) is 0. The van der Waals surface area contributed by atoms with E-state index in [4.69, 9.17) is 11.6 Å². The topological polar surface area (TPSA) is 88.0 Å². The van der Waals surface area contributed by atoms with Crippen LogP contribution in [0.5, 0.6) is 0 Å². The Morgan fingerprint density at radius 3 is 2.36 bits per heavy atom. The van der Waals surface area contributed by atoms with E-state index < -0.39 is 0 Å². The van der Waals surface area contributed by atoms with Gasteiger partial charge >= 0.3 is 0 Å². The number of aromatic nitrogens is 4. The van der Waals surface area contributed by atoms with E-state index in [-0.39, 0.29) is 5.82 Å². The Balaban J connectivity index is 1.60. The summed E-state index contributed by atoms with van der Waals surface area (Å²) in [4.78, 5) is 16.9. The Labute approximate surface area is 164 Å². The SMILES string of the molecule is Fc1ccc(Nc2ncnc3c(N/N=C/c4cccc(Cl)c4)ncnc23)cc1. The third-order valence-electron chi connectivity index (χ3n) is 3.76. The third-order valence-corrected chi connectivity index (χ3v) is 4.00. The summed E-state index contributed by atoms with van der Waals surface area (Å²) in [6.07, 6.45) is 4.40. The molecule has 0 atom stereocenters. The largest absolute Gasteiger partial charge is 0.338 e. The number of rotatable bonds is 5. The lowest BCUT2D eigenvalue weighted by atomic mass is 10.2. The number of benzene rings is 2. The summed E-state index contributed by atoms with van der Waals surface area (Å²) in [5.41, 5.74) is 5.37. The van der Waals surface area contributed by atoms with Gasteiger partial charge in [0.1, 0.15) is 29.5 Å². The molecule has 2 N–H and O–H groups in total. The molecule has 0 saturated heterocycles. The van der Waals surface area contributed by atoms with Crippen molar-refractivity contribution in [3.8, 4) is 0 Å². The quantitative estimate of drug-likeness (QED) is 0.386. The molecule has 0 unspecified atom stereocenters. The lowest BCUT2D eigenvalue weighted by Crippen LogP contribution is -2.02. The van der Waals surface area contributed by atoms with E-state index in [1.54, 1.807) is 30.5 Å². The maximum absolute atomic E-state index is 13.1. The molecule has 0 fully saturated rings. The average molecular weight is 394 g/mol.